The maximum Gasteiger partial charge on any atom is 0.258 e. The van der Waals surface area contributed by atoms with E-state index in [0.717, 1.165) is 20.8 Å². The molecule has 0 saturated carbocycles. The predicted octanol–water partition coefficient (Wildman–Crippen LogP) is 4.76. The molecule has 132 valence electrons. The molecule has 0 radical (unpaired) electrons. The van der Waals surface area contributed by atoms with Gasteiger partial charge < -0.3 is 0 Å². The second-order valence-corrected chi connectivity index (χ2v) is 8.37. The Bertz CT molecular complexity index is 1080. The Hall–Kier alpha value is -2.58. The van der Waals surface area contributed by atoms with Gasteiger partial charge in [-0.2, -0.15) is 5.10 Å². The van der Waals surface area contributed by atoms with E-state index in [-0.39, 0.29) is 11.9 Å². The number of aromatic nitrogens is 4. The number of nitrogens with one attached hydrogen (secondary N) is 1. The number of rotatable bonds is 4. The van der Waals surface area contributed by atoms with Gasteiger partial charge in [0.15, 0.2) is 10.8 Å². The van der Waals surface area contributed by atoms with Crippen LogP contribution in [0.25, 0.3) is 21.6 Å². The Morgan fingerprint density at radius 2 is 2.15 bits per heavy atom. The number of hydrogen-bond acceptors (Lipinski definition) is 6. The molecular weight excluding hydrogens is 366 g/mol. The molecule has 0 aliphatic rings. The van der Waals surface area contributed by atoms with Crippen molar-refractivity contribution in [2.45, 2.75) is 26.8 Å². The average Bonchev–Trinajstić information content (AvgIpc) is 3.33. The van der Waals surface area contributed by atoms with Crippen molar-refractivity contribution in [2.75, 3.05) is 5.32 Å². The summed E-state index contributed by atoms with van der Waals surface area (Å²) < 4.78 is 1.84. The monoisotopic (exact) mass is 383 g/mol. The SMILES string of the molecule is Cc1cnc(NC(=O)c2cc(-c3cccs3)nc3c2cnn3C(C)C)s1. The van der Waals surface area contributed by atoms with Gasteiger partial charge in [-0.25, -0.2) is 14.6 Å². The van der Waals surface area contributed by atoms with E-state index in [1.54, 1.807) is 23.7 Å². The average molecular weight is 384 g/mol. The minimum atomic E-state index is -0.201. The second-order valence-electron chi connectivity index (χ2n) is 6.18. The molecule has 0 aliphatic carbocycles. The highest BCUT2D eigenvalue weighted by atomic mass is 32.1. The minimum Gasteiger partial charge on any atom is -0.298 e. The lowest BCUT2D eigenvalue weighted by Crippen LogP contribution is -2.13. The van der Waals surface area contributed by atoms with Crippen LogP contribution in [-0.4, -0.2) is 25.7 Å². The van der Waals surface area contributed by atoms with E-state index in [4.69, 9.17) is 4.98 Å². The van der Waals surface area contributed by atoms with Crippen LogP contribution in [0.3, 0.4) is 0 Å². The molecule has 0 saturated heterocycles. The summed E-state index contributed by atoms with van der Waals surface area (Å²) in [6.07, 6.45) is 3.46. The number of aryl methyl sites for hydroxylation is 1. The number of carbonyl (C=O) groups excluding carboxylic acids is 1. The first kappa shape index (κ1) is 16.9. The van der Waals surface area contributed by atoms with Crippen LogP contribution in [0, 0.1) is 6.92 Å². The van der Waals surface area contributed by atoms with Crippen LogP contribution >= 0.6 is 22.7 Å². The van der Waals surface area contributed by atoms with Gasteiger partial charge in [0.1, 0.15) is 0 Å². The van der Waals surface area contributed by atoms with Gasteiger partial charge in [-0.15, -0.1) is 22.7 Å². The van der Waals surface area contributed by atoms with Crippen molar-refractivity contribution in [1.82, 2.24) is 19.7 Å². The molecule has 6 nitrogen and oxygen atoms in total. The molecule has 1 N–H and O–H groups in total. The second kappa shape index (κ2) is 6.62. The third kappa shape index (κ3) is 3.02. The summed E-state index contributed by atoms with van der Waals surface area (Å²) in [7, 11) is 0. The van der Waals surface area contributed by atoms with E-state index in [1.165, 1.54) is 11.3 Å². The molecule has 1 amide bonds. The molecule has 0 aromatic carbocycles. The lowest BCUT2D eigenvalue weighted by atomic mass is 10.1. The maximum absolute atomic E-state index is 12.9. The van der Waals surface area contributed by atoms with Gasteiger partial charge in [-0.1, -0.05) is 6.07 Å². The van der Waals surface area contributed by atoms with Crippen molar-refractivity contribution in [3.05, 3.63) is 46.4 Å². The van der Waals surface area contributed by atoms with Crippen molar-refractivity contribution in [1.29, 1.82) is 0 Å². The van der Waals surface area contributed by atoms with Crippen LogP contribution in [0.15, 0.2) is 36.0 Å². The molecule has 0 aliphatic heterocycles. The van der Waals surface area contributed by atoms with E-state index in [9.17, 15) is 4.79 Å². The van der Waals surface area contributed by atoms with E-state index in [1.807, 2.05) is 49.0 Å². The standard InChI is InChI=1S/C18H17N5OS2/c1-10(2)23-16-13(9-20-23)12(7-14(21-16)15-5-4-6-25-15)17(24)22-18-19-8-11(3)26-18/h4-10H,1-3H3,(H,19,22,24). The van der Waals surface area contributed by atoms with Crippen molar-refractivity contribution >= 4 is 44.7 Å². The van der Waals surface area contributed by atoms with Gasteiger partial charge in [0.25, 0.3) is 5.91 Å². The Morgan fingerprint density at radius 3 is 2.81 bits per heavy atom. The number of thiazole rings is 1. The van der Waals surface area contributed by atoms with Gasteiger partial charge in [0.2, 0.25) is 0 Å². The Balaban J connectivity index is 1.85. The quantitative estimate of drug-likeness (QED) is 0.551. The number of pyridine rings is 1. The molecule has 4 rings (SSSR count). The fourth-order valence-electron chi connectivity index (χ4n) is 2.71. The van der Waals surface area contributed by atoms with E-state index >= 15 is 0 Å². The zero-order valence-electron chi connectivity index (χ0n) is 14.6. The molecule has 0 unspecified atom stereocenters. The largest absolute Gasteiger partial charge is 0.298 e. The van der Waals surface area contributed by atoms with E-state index in [2.05, 4.69) is 15.4 Å². The van der Waals surface area contributed by atoms with E-state index < -0.39 is 0 Å². The number of hydrogen-bond donors (Lipinski definition) is 1. The number of anilines is 1. The summed E-state index contributed by atoms with van der Waals surface area (Å²) in [5.74, 6) is -0.201. The predicted molar refractivity (Wildman–Crippen MR) is 106 cm³/mol. The fourth-order valence-corrected chi connectivity index (χ4v) is 4.06. The summed E-state index contributed by atoms with van der Waals surface area (Å²) in [4.78, 5) is 24.0. The van der Waals surface area contributed by atoms with Crippen molar-refractivity contribution in [3.63, 3.8) is 0 Å². The lowest BCUT2D eigenvalue weighted by molar-refractivity contribution is 0.102. The Labute approximate surface area is 158 Å². The molecular formula is C18H17N5OS2. The zero-order valence-corrected chi connectivity index (χ0v) is 16.2. The minimum absolute atomic E-state index is 0.149. The van der Waals surface area contributed by atoms with Crippen molar-refractivity contribution < 1.29 is 4.79 Å². The third-order valence-corrected chi connectivity index (χ3v) is 5.64. The molecule has 4 aromatic heterocycles. The zero-order chi connectivity index (χ0) is 18.3. The van der Waals surface area contributed by atoms with Crippen LogP contribution in [0.4, 0.5) is 5.13 Å². The molecule has 8 heteroatoms. The van der Waals surface area contributed by atoms with Crippen molar-refractivity contribution in [3.8, 4) is 10.6 Å². The molecule has 26 heavy (non-hydrogen) atoms. The molecule has 0 spiro atoms. The smallest absolute Gasteiger partial charge is 0.258 e. The molecule has 0 fully saturated rings. The molecule has 0 atom stereocenters. The highest BCUT2D eigenvalue weighted by Crippen LogP contribution is 2.29. The third-order valence-electron chi connectivity index (χ3n) is 3.92. The Kier molecular flexibility index (Phi) is 4.29. The summed E-state index contributed by atoms with van der Waals surface area (Å²) in [6.45, 7) is 6.05. The van der Waals surface area contributed by atoms with E-state index in [0.29, 0.717) is 16.3 Å². The van der Waals surface area contributed by atoms with Crippen molar-refractivity contribution in [2.24, 2.45) is 0 Å². The maximum atomic E-state index is 12.9. The van der Waals surface area contributed by atoms with Crippen LogP contribution < -0.4 is 5.32 Å². The normalized spacial score (nSPS) is 11.4. The van der Waals surface area contributed by atoms with Crippen LogP contribution in [0.1, 0.15) is 35.1 Å². The molecule has 0 bridgehead atoms. The summed E-state index contributed by atoms with van der Waals surface area (Å²) >= 11 is 3.05. The lowest BCUT2D eigenvalue weighted by Gasteiger charge is -2.09. The van der Waals surface area contributed by atoms with Gasteiger partial charge in [-0.3, -0.25) is 10.1 Å². The first-order valence-electron chi connectivity index (χ1n) is 8.19. The van der Waals surface area contributed by atoms with Crippen LogP contribution in [-0.2, 0) is 0 Å². The van der Waals surface area contributed by atoms with Crippen LogP contribution in [0.2, 0.25) is 0 Å². The topological polar surface area (TPSA) is 72.7 Å². The highest BCUT2D eigenvalue weighted by Gasteiger charge is 2.19. The summed E-state index contributed by atoms with van der Waals surface area (Å²) in [5, 5.41) is 10.7. The Morgan fingerprint density at radius 1 is 1.31 bits per heavy atom. The number of thiophene rings is 1. The number of fused-ring (bicyclic) bond motifs is 1. The van der Waals surface area contributed by atoms with Gasteiger partial charge in [0, 0.05) is 17.1 Å². The fraction of sp³-hybridized carbons (Fsp3) is 0.222. The van der Waals surface area contributed by atoms with Crippen LogP contribution in [0.5, 0.6) is 0 Å². The first-order valence-corrected chi connectivity index (χ1v) is 9.88. The van der Waals surface area contributed by atoms with Gasteiger partial charge in [0.05, 0.1) is 27.7 Å². The van der Waals surface area contributed by atoms with Gasteiger partial charge >= 0.3 is 0 Å². The number of nitrogens with zero attached hydrogens (tertiary/aromatic N) is 4. The highest BCUT2D eigenvalue weighted by molar-refractivity contribution is 7.15. The number of amides is 1. The summed E-state index contributed by atoms with van der Waals surface area (Å²) in [6, 6.07) is 5.96. The number of carbonyl (C=O) groups is 1. The first-order chi connectivity index (χ1) is 12.5. The molecule has 4 heterocycles. The summed E-state index contributed by atoms with van der Waals surface area (Å²) in [5.41, 5.74) is 2.04. The van der Waals surface area contributed by atoms with Gasteiger partial charge in [-0.05, 0) is 38.3 Å². The molecule has 4 aromatic rings.